The van der Waals surface area contributed by atoms with Gasteiger partial charge in [-0.25, -0.2) is 0 Å². The smallest absolute Gasteiger partial charge is 0.287 e. The quantitative estimate of drug-likeness (QED) is 0.765. The highest BCUT2D eigenvalue weighted by Crippen LogP contribution is 2.19. The van der Waals surface area contributed by atoms with Gasteiger partial charge in [0.05, 0.1) is 12.6 Å². The molecule has 1 aliphatic heterocycles. The average molecular weight is 359 g/mol. The Morgan fingerprint density at radius 1 is 1.35 bits per heavy atom. The molecule has 2 unspecified atom stereocenters. The summed E-state index contributed by atoms with van der Waals surface area (Å²) in [4.78, 5) is 26.7. The Morgan fingerprint density at radius 2 is 2.19 bits per heavy atom. The minimum Gasteiger partial charge on any atom is -0.454 e. The first-order valence-electron chi connectivity index (χ1n) is 8.99. The van der Waals surface area contributed by atoms with E-state index in [1.807, 2.05) is 26.1 Å². The lowest BCUT2D eigenvalue weighted by Crippen LogP contribution is -2.42. The number of carbonyl (C=O) groups excluding carboxylic acids is 2. The molecule has 1 aliphatic rings. The zero-order valence-corrected chi connectivity index (χ0v) is 15.1. The molecule has 3 rings (SSSR count). The van der Waals surface area contributed by atoms with Crippen molar-refractivity contribution < 1.29 is 14.0 Å². The molecule has 0 bridgehead atoms. The van der Waals surface area contributed by atoms with E-state index < -0.39 is 0 Å². The molecule has 2 aromatic rings. The number of amides is 2. The third kappa shape index (κ3) is 4.13. The monoisotopic (exact) mass is 359 g/mol. The molecule has 0 saturated carbocycles. The first kappa shape index (κ1) is 18.2. The Kier molecular flexibility index (Phi) is 5.72. The van der Waals surface area contributed by atoms with Crippen LogP contribution in [0.1, 0.15) is 36.6 Å². The van der Waals surface area contributed by atoms with Crippen molar-refractivity contribution >= 4 is 11.8 Å². The second-order valence-electron chi connectivity index (χ2n) is 6.37. The van der Waals surface area contributed by atoms with Crippen LogP contribution in [-0.4, -0.2) is 58.2 Å². The van der Waals surface area contributed by atoms with Crippen LogP contribution in [0, 0.1) is 0 Å². The zero-order valence-electron chi connectivity index (χ0n) is 15.1. The van der Waals surface area contributed by atoms with Gasteiger partial charge in [-0.05, 0) is 38.1 Å². The van der Waals surface area contributed by atoms with Crippen molar-refractivity contribution in [3.8, 4) is 0 Å². The van der Waals surface area contributed by atoms with Crippen LogP contribution in [-0.2, 0) is 11.3 Å². The van der Waals surface area contributed by atoms with E-state index in [0.717, 1.165) is 6.54 Å². The largest absolute Gasteiger partial charge is 0.454 e. The van der Waals surface area contributed by atoms with E-state index in [9.17, 15) is 9.59 Å². The standard InChI is InChI=1S/C18H25N5O3/c1-3-19-17(24)15-10-13(11-22(15)4-2)21-18(25)16-7-6-14(26-16)12-23-9-5-8-20-23/h5-9,13,15H,3-4,10-12H2,1-2H3,(H,19,24)(H,21,25). The molecule has 0 aliphatic carbocycles. The van der Waals surface area contributed by atoms with Crippen molar-refractivity contribution in [1.82, 2.24) is 25.3 Å². The minimum absolute atomic E-state index is 0.0191. The molecular weight excluding hydrogens is 334 g/mol. The van der Waals surface area contributed by atoms with Crippen molar-refractivity contribution in [2.45, 2.75) is 38.9 Å². The first-order valence-corrected chi connectivity index (χ1v) is 8.99. The van der Waals surface area contributed by atoms with Gasteiger partial charge >= 0.3 is 0 Å². The second kappa shape index (κ2) is 8.18. The van der Waals surface area contributed by atoms with Gasteiger partial charge in [0.2, 0.25) is 5.91 Å². The van der Waals surface area contributed by atoms with Crippen LogP contribution in [0.5, 0.6) is 0 Å². The molecule has 0 spiro atoms. The average Bonchev–Trinajstić information content (AvgIpc) is 3.36. The number of nitrogens with zero attached hydrogens (tertiary/aromatic N) is 3. The van der Waals surface area contributed by atoms with Gasteiger partial charge in [0.25, 0.3) is 5.91 Å². The highest BCUT2D eigenvalue weighted by atomic mass is 16.4. The first-order chi connectivity index (χ1) is 12.6. The molecule has 2 atom stereocenters. The maximum atomic E-state index is 12.5. The van der Waals surface area contributed by atoms with Crippen LogP contribution in [0.2, 0.25) is 0 Å². The van der Waals surface area contributed by atoms with E-state index in [4.69, 9.17) is 4.42 Å². The molecule has 2 amide bonds. The lowest BCUT2D eigenvalue weighted by atomic mass is 10.1. The van der Waals surface area contributed by atoms with E-state index >= 15 is 0 Å². The van der Waals surface area contributed by atoms with E-state index in [1.54, 1.807) is 23.0 Å². The number of hydrogen-bond donors (Lipinski definition) is 2. The fourth-order valence-corrected chi connectivity index (χ4v) is 3.32. The van der Waals surface area contributed by atoms with Gasteiger partial charge in [0.15, 0.2) is 5.76 Å². The molecule has 0 radical (unpaired) electrons. The molecule has 8 nitrogen and oxygen atoms in total. The Labute approximate surface area is 152 Å². The molecule has 2 N–H and O–H groups in total. The van der Waals surface area contributed by atoms with Gasteiger partial charge in [-0.15, -0.1) is 0 Å². The molecule has 8 heteroatoms. The van der Waals surface area contributed by atoms with Gasteiger partial charge < -0.3 is 15.1 Å². The zero-order chi connectivity index (χ0) is 18.5. The van der Waals surface area contributed by atoms with Crippen molar-refractivity contribution in [3.05, 3.63) is 42.1 Å². The fourth-order valence-electron chi connectivity index (χ4n) is 3.32. The number of likely N-dealkylation sites (N-methyl/N-ethyl adjacent to an activating group) is 2. The number of hydrogen-bond acceptors (Lipinski definition) is 5. The molecular formula is C18H25N5O3. The molecule has 1 fully saturated rings. The van der Waals surface area contributed by atoms with Gasteiger partial charge in [-0.3, -0.25) is 19.2 Å². The van der Waals surface area contributed by atoms with E-state index in [0.29, 0.717) is 31.8 Å². The van der Waals surface area contributed by atoms with Crippen LogP contribution in [0.3, 0.4) is 0 Å². The maximum Gasteiger partial charge on any atom is 0.287 e. The summed E-state index contributed by atoms with van der Waals surface area (Å²) in [5, 5.41) is 9.96. The summed E-state index contributed by atoms with van der Waals surface area (Å²) in [6.45, 7) is 6.43. The Hall–Kier alpha value is -2.61. The summed E-state index contributed by atoms with van der Waals surface area (Å²) in [5.74, 6) is 0.706. The van der Waals surface area contributed by atoms with E-state index in [-0.39, 0.29) is 29.7 Å². The van der Waals surface area contributed by atoms with Gasteiger partial charge in [0.1, 0.15) is 5.76 Å². The maximum absolute atomic E-state index is 12.5. The highest BCUT2D eigenvalue weighted by Gasteiger charge is 2.36. The number of rotatable bonds is 7. The third-order valence-electron chi connectivity index (χ3n) is 4.56. The van der Waals surface area contributed by atoms with Crippen molar-refractivity contribution in [2.24, 2.45) is 0 Å². The van der Waals surface area contributed by atoms with E-state index in [2.05, 4.69) is 20.6 Å². The molecule has 2 aromatic heterocycles. The Bertz CT molecular complexity index is 740. The van der Waals surface area contributed by atoms with Crippen LogP contribution >= 0.6 is 0 Å². The SMILES string of the molecule is CCNC(=O)C1CC(NC(=O)c2ccc(Cn3cccn3)o2)CN1CC. The molecule has 140 valence electrons. The van der Waals surface area contributed by atoms with Crippen molar-refractivity contribution in [1.29, 1.82) is 0 Å². The summed E-state index contributed by atoms with van der Waals surface area (Å²) in [7, 11) is 0. The number of carbonyl (C=O) groups is 2. The minimum atomic E-state index is -0.255. The summed E-state index contributed by atoms with van der Waals surface area (Å²) >= 11 is 0. The lowest BCUT2D eigenvalue weighted by Gasteiger charge is -2.20. The van der Waals surface area contributed by atoms with Gasteiger partial charge in [-0.2, -0.15) is 5.10 Å². The highest BCUT2D eigenvalue weighted by molar-refractivity contribution is 5.92. The number of nitrogens with one attached hydrogen (secondary N) is 2. The van der Waals surface area contributed by atoms with Gasteiger partial charge in [0, 0.05) is 31.5 Å². The third-order valence-corrected chi connectivity index (χ3v) is 4.56. The van der Waals surface area contributed by atoms with Crippen molar-refractivity contribution in [3.63, 3.8) is 0 Å². The van der Waals surface area contributed by atoms with Gasteiger partial charge in [-0.1, -0.05) is 6.92 Å². The fraction of sp³-hybridized carbons (Fsp3) is 0.500. The summed E-state index contributed by atoms with van der Waals surface area (Å²) in [5.41, 5.74) is 0. The normalized spacial score (nSPS) is 20.2. The Balaban J connectivity index is 1.58. The van der Waals surface area contributed by atoms with Crippen LogP contribution in [0.4, 0.5) is 0 Å². The second-order valence-corrected chi connectivity index (χ2v) is 6.37. The number of aromatic nitrogens is 2. The Morgan fingerprint density at radius 3 is 2.88 bits per heavy atom. The summed E-state index contributed by atoms with van der Waals surface area (Å²) in [6, 6.07) is 5.01. The molecule has 26 heavy (non-hydrogen) atoms. The topological polar surface area (TPSA) is 92.4 Å². The molecule has 3 heterocycles. The molecule has 0 aromatic carbocycles. The van der Waals surface area contributed by atoms with Crippen LogP contribution < -0.4 is 10.6 Å². The van der Waals surface area contributed by atoms with Crippen molar-refractivity contribution in [2.75, 3.05) is 19.6 Å². The number of likely N-dealkylation sites (tertiary alicyclic amines) is 1. The molecule has 1 saturated heterocycles. The lowest BCUT2D eigenvalue weighted by molar-refractivity contribution is -0.125. The predicted molar refractivity (Wildman–Crippen MR) is 95.6 cm³/mol. The predicted octanol–water partition coefficient (Wildman–Crippen LogP) is 0.853. The summed E-state index contributed by atoms with van der Waals surface area (Å²) in [6.07, 6.45) is 4.13. The van der Waals surface area contributed by atoms with Crippen LogP contribution in [0.25, 0.3) is 0 Å². The summed E-state index contributed by atoms with van der Waals surface area (Å²) < 4.78 is 7.36. The van der Waals surface area contributed by atoms with E-state index in [1.165, 1.54) is 0 Å². The number of furan rings is 1. The van der Waals surface area contributed by atoms with Crippen LogP contribution in [0.15, 0.2) is 35.0 Å².